The van der Waals surface area contributed by atoms with Gasteiger partial charge >= 0.3 is 0 Å². The zero-order valence-electron chi connectivity index (χ0n) is 9.52. The van der Waals surface area contributed by atoms with Crippen LogP contribution in [-0.2, 0) is 10.0 Å². The number of carbonyl (C=O) groups is 1. The van der Waals surface area contributed by atoms with Crippen LogP contribution in [0.15, 0.2) is 29.2 Å². The minimum Gasteiger partial charge on any atom is -0.294 e. The number of hydrogen-bond donors (Lipinski definition) is 1. The summed E-state index contributed by atoms with van der Waals surface area (Å²) in [6, 6.07) is 5.78. The molecular weight excluding hydrogens is 226 g/mol. The van der Waals surface area contributed by atoms with E-state index >= 15 is 0 Å². The molecule has 1 aromatic carbocycles. The van der Waals surface area contributed by atoms with Crippen LogP contribution in [0.25, 0.3) is 0 Å². The average Bonchev–Trinajstić information content (AvgIpc) is 2.14. The van der Waals surface area contributed by atoms with Crippen LogP contribution in [0, 0.1) is 5.41 Å². The van der Waals surface area contributed by atoms with Crippen LogP contribution in [-0.4, -0.2) is 14.2 Å². The fourth-order valence-electron chi connectivity index (χ4n) is 1.25. The topological polar surface area (TPSA) is 77.2 Å². The highest BCUT2D eigenvalue weighted by molar-refractivity contribution is 7.89. The Morgan fingerprint density at radius 1 is 1.25 bits per heavy atom. The molecule has 0 aliphatic heterocycles. The quantitative estimate of drug-likeness (QED) is 0.798. The maximum absolute atomic E-state index is 11.9. The van der Waals surface area contributed by atoms with Gasteiger partial charge in [-0.15, -0.1) is 0 Å². The van der Waals surface area contributed by atoms with Crippen LogP contribution in [0.4, 0.5) is 0 Å². The SMILES string of the molecule is CC(C)(C)C(=O)c1cccc(S(N)(=O)=O)c1. The molecule has 4 nitrogen and oxygen atoms in total. The molecule has 2 N–H and O–H groups in total. The van der Waals surface area contributed by atoms with Crippen LogP contribution < -0.4 is 5.14 Å². The number of primary sulfonamides is 1. The van der Waals surface area contributed by atoms with Crippen LogP contribution in [0.3, 0.4) is 0 Å². The molecule has 0 spiro atoms. The van der Waals surface area contributed by atoms with Crippen molar-refractivity contribution in [3.63, 3.8) is 0 Å². The Morgan fingerprint density at radius 3 is 2.25 bits per heavy atom. The molecule has 0 saturated carbocycles. The monoisotopic (exact) mass is 241 g/mol. The third kappa shape index (κ3) is 2.90. The standard InChI is InChI=1S/C11H15NO3S/c1-11(2,3)10(13)8-5-4-6-9(7-8)16(12,14)15/h4-7H,1-3H3,(H2,12,14,15). The van der Waals surface area contributed by atoms with Gasteiger partial charge in [-0.25, -0.2) is 13.6 Å². The van der Waals surface area contributed by atoms with Crippen molar-refractivity contribution >= 4 is 15.8 Å². The number of Topliss-reactive ketones (excluding diaryl/α,β-unsaturated/α-hetero) is 1. The predicted molar refractivity (Wildman–Crippen MR) is 61.6 cm³/mol. The number of rotatable bonds is 2. The van der Waals surface area contributed by atoms with E-state index in [1.165, 1.54) is 18.2 Å². The largest absolute Gasteiger partial charge is 0.294 e. The second-order valence-corrected chi connectivity index (χ2v) is 6.21. The van der Waals surface area contributed by atoms with Crippen molar-refractivity contribution in [2.45, 2.75) is 25.7 Å². The van der Waals surface area contributed by atoms with E-state index in [0.29, 0.717) is 5.56 Å². The minimum absolute atomic E-state index is 0.0393. The molecule has 0 heterocycles. The average molecular weight is 241 g/mol. The smallest absolute Gasteiger partial charge is 0.238 e. The van der Waals surface area contributed by atoms with E-state index in [1.54, 1.807) is 26.8 Å². The molecule has 0 aliphatic carbocycles. The molecule has 0 unspecified atom stereocenters. The van der Waals surface area contributed by atoms with Gasteiger partial charge in [0, 0.05) is 11.0 Å². The van der Waals surface area contributed by atoms with E-state index in [9.17, 15) is 13.2 Å². The lowest BCUT2D eigenvalue weighted by Gasteiger charge is -2.16. The molecule has 0 saturated heterocycles. The highest BCUT2D eigenvalue weighted by atomic mass is 32.2. The molecule has 0 atom stereocenters. The van der Waals surface area contributed by atoms with E-state index in [-0.39, 0.29) is 10.7 Å². The molecule has 0 bridgehead atoms. The van der Waals surface area contributed by atoms with Crippen LogP contribution in [0.5, 0.6) is 0 Å². The van der Waals surface area contributed by atoms with Crippen molar-refractivity contribution < 1.29 is 13.2 Å². The Hall–Kier alpha value is -1.20. The molecular formula is C11H15NO3S. The molecule has 5 heteroatoms. The summed E-state index contributed by atoms with van der Waals surface area (Å²) in [5.41, 5.74) is -0.184. The van der Waals surface area contributed by atoms with Gasteiger partial charge < -0.3 is 0 Å². The van der Waals surface area contributed by atoms with Crippen molar-refractivity contribution in [1.29, 1.82) is 0 Å². The van der Waals surface area contributed by atoms with Gasteiger partial charge in [-0.3, -0.25) is 4.79 Å². The molecule has 16 heavy (non-hydrogen) atoms. The second-order valence-electron chi connectivity index (χ2n) is 4.65. The van der Waals surface area contributed by atoms with Gasteiger partial charge in [-0.05, 0) is 12.1 Å². The predicted octanol–water partition coefficient (Wildman–Crippen LogP) is 1.56. The molecule has 0 aliphatic rings. The van der Waals surface area contributed by atoms with Gasteiger partial charge in [0.2, 0.25) is 10.0 Å². The lowest BCUT2D eigenvalue weighted by Crippen LogP contribution is -2.21. The van der Waals surface area contributed by atoms with E-state index in [2.05, 4.69) is 0 Å². The Balaban J connectivity index is 3.25. The summed E-state index contributed by atoms with van der Waals surface area (Å²) in [6.07, 6.45) is 0. The number of carbonyl (C=O) groups excluding carboxylic acids is 1. The number of nitrogens with two attached hydrogens (primary N) is 1. The Bertz CT molecular complexity index is 512. The third-order valence-electron chi connectivity index (χ3n) is 2.11. The van der Waals surface area contributed by atoms with E-state index in [0.717, 1.165) is 0 Å². The summed E-state index contributed by atoms with van der Waals surface area (Å²) in [7, 11) is -3.76. The molecule has 0 fully saturated rings. The van der Waals surface area contributed by atoms with Gasteiger partial charge in [-0.2, -0.15) is 0 Å². The summed E-state index contributed by atoms with van der Waals surface area (Å²) < 4.78 is 22.2. The first-order chi connectivity index (χ1) is 7.12. The fourth-order valence-corrected chi connectivity index (χ4v) is 1.81. The molecule has 1 aromatic rings. The summed E-state index contributed by atoms with van der Waals surface area (Å²) >= 11 is 0. The van der Waals surface area contributed by atoms with Gasteiger partial charge in [0.25, 0.3) is 0 Å². The Morgan fingerprint density at radius 2 is 1.81 bits per heavy atom. The highest BCUT2D eigenvalue weighted by Crippen LogP contribution is 2.22. The van der Waals surface area contributed by atoms with E-state index in [4.69, 9.17) is 5.14 Å². The maximum Gasteiger partial charge on any atom is 0.238 e. The first kappa shape index (κ1) is 12.9. The van der Waals surface area contributed by atoms with Crippen LogP contribution >= 0.6 is 0 Å². The van der Waals surface area contributed by atoms with Crippen molar-refractivity contribution in [3.05, 3.63) is 29.8 Å². The zero-order valence-corrected chi connectivity index (χ0v) is 10.3. The van der Waals surface area contributed by atoms with Gasteiger partial charge in [-0.1, -0.05) is 32.9 Å². The number of hydrogen-bond acceptors (Lipinski definition) is 3. The van der Waals surface area contributed by atoms with Crippen LogP contribution in [0.2, 0.25) is 0 Å². The van der Waals surface area contributed by atoms with E-state index in [1.807, 2.05) is 0 Å². The number of ketones is 1. The van der Waals surface area contributed by atoms with Gasteiger partial charge in [0.05, 0.1) is 4.90 Å². The first-order valence-corrected chi connectivity index (χ1v) is 6.34. The maximum atomic E-state index is 11.9. The molecule has 0 radical (unpaired) electrons. The fraction of sp³-hybridized carbons (Fsp3) is 0.364. The van der Waals surface area contributed by atoms with Gasteiger partial charge in [0.1, 0.15) is 0 Å². The summed E-state index contributed by atoms with van der Waals surface area (Å²) in [5, 5.41) is 5.00. The van der Waals surface area contributed by atoms with Gasteiger partial charge in [0.15, 0.2) is 5.78 Å². The minimum atomic E-state index is -3.76. The Kier molecular flexibility index (Phi) is 3.21. The molecule has 1 rings (SSSR count). The highest BCUT2D eigenvalue weighted by Gasteiger charge is 2.23. The molecule has 88 valence electrons. The molecule has 0 amide bonds. The summed E-state index contributed by atoms with van der Waals surface area (Å²) in [6.45, 7) is 5.33. The summed E-state index contributed by atoms with van der Waals surface area (Å²) in [4.78, 5) is 11.9. The zero-order chi connectivity index (χ0) is 12.6. The normalized spacial score (nSPS) is 12.5. The van der Waals surface area contributed by atoms with Crippen molar-refractivity contribution in [3.8, 4) is 0 Å². The molecule has 0 aromatic heterocycles. The Labute approximate surface area is 95.5 Å². The number of sulfonamides is 1. The lowest BCUT2D eigenvalue weighted by atomic mass is 9.87. The summed E-state index contributed by atoms with van der Waals surface area (Å²) in [5.74, 6) is -0.113. The number of benzene rings is 1. The van der Waals surface area contributed by atoms with Crippen LogP contribution in [0.1, 0.15) is 31.1 Å². The van der Waals surface area contributed by atoms with Crippen molar-refractivity contribution in [1.82, 2.24) is 0 Å². The second kappa shape index (κ2) is 3.99. The lowest BCUT2D eigenvalue weighted by molar-refractivity contribution is 0.0858. The first-order valence-electron chi connectivity index (χ1n) is 4.80. The van der Waals surface area contributed by atoms with Crippen molar-refractivity contribution in [2.75, 3.05) is 0 Å². The van der Waals surface area contributed by atoms with Crippen molar-refractivity contribution in [2.24, 2.45) is 10.6 Å². The third-order valence-corrected chi connectivity index (χ3v) is 3.02. The van der Waals surface area contributed by atoms with E-state index < -0.39 is 15.4 Å².